The SMILES string of the molecule is CCCNC(C)(C#N)CCN1CCC(N2CCCCC2)C1. The van der Waals surface area contributed by atoms with Gasteiger partial charge in [-0.2, -0.15) is 5.26 Å². The summed E-state index contributed by atoms with van der Waals surface area (Å²) in [7, 11) is 0. The Bertz CT molecular complexity index is 345. The molecule has 0 aromatic rings. The van der Waals surface area contributed by atoms with Crippen LogP contribution < -0.4 is 5.32 Å². The summed E-state index contributed by atoms with van der Waals surface area (Å²) in [5.74, 6) is 0. The summed E-state index contributed by atoms with van der Waals surface area (Å²) in [6.45, 7) is 11.2. The molecule has 0 aliphatic carbocycles. The predicted octanol–water partition coefficient (Wildman–Crippen LogP) is 2.22. The molecule has 2 heterocycles. The van der Waals surface area contributed by atoms with Crippen LogP contribution in [0.4, 0.5) is 0 Å². The van der Waals surface area contributed by atoms with Crippen LogP contribution in [0.3, 0.4) is 0 Å². The Morgan fingerprint density at radius 3 is 2.67 bits per heavy atom. The highest BCUT2D eigenvalue weighted by atomic mass is 15.3. The summed E-state index contributed by atoms with van der Waals surface area (Å²) in [6, 6.07) is 3.23. The summed E-state index contributed by atoms with van der Waals surface area (Å²) in [5, 5.41) is 12.8. The maximum Gasteiger partial charge on any atom is 0.105 e. The van der Waals surface area contributed by atoms with Crippen LogP contribution in [0.15, 0.2) is 0 Å². The summed E-state index contributed by atoms with van der Waals surface area (Å²) < 4.78 is 0. The van der Waals surface area contributed by atoms with Crippen LogP contribution in [0.25, 0.3) is 0 Å². The lowest BCUT2D eigenvalue weighted by Crippen LogP contribution is -2.45. The molecule has 2 rings (SSSR count). The molecule has 120 valence electrons. The third-order valence-corrected chi connectivity index (χ3v) is 5.09. The first-order valence-electron chi connectivity index (χ1n) is 8.79. The summed E-state index contributed by atoms with van der Waals surface area (Å²) in [5.41, 5.74) is -0.362. The van der Waals surface area contributed by atoms with Crippen LogP contribution in [-0.2, 0) is 0 Å². The van der Waals surface area contributed by atoms with Gasteiger partial charge in [-0.3, -0.25) is 10.2 Å². The average molecular weight is 292 g/mol. The number of likely N-dealkylation sites (tertiary alicyclic amines) is 2. The van der Waals surface area contributed by atoms with E-state index in [1.165, 1.54) is 51.9 Å². The first-order valence-corrected chi connectivity index (χ1v) is 8.79. The molecule has 2 unspecified atom stereocenters. The zero-order valence-corrected chi connectivity index (χ0v) is 13.9. The van der Waals surface area contributed by atoms with Gasteiger partial charge in [0.2, 0.25) is 0 Å². The third-order valence-electron chi connectivity index (χ3n) is 5.09. The van der Waals surface area contributed by atoms with Crippen molar-refractivity contribution in [2.75, 3.05) is 39.3 Å². The Morgan fingerprint density at radius 1 is 1.24 bits per heavy atom. The monoisotopic (exact) mass is 292 g/mol. The molecule has 0 aromatic carbocycles. The lowest BCUT2D eigenvalue weighted by atomic mass is 9.99. The van der Waals surface area contributed by atoms with E-state index < -0.39 is 0 Å². The van der Waals surface area contributed by atoms with Gasteiger partial charge in [-0.15, -0.1) is 0 Å². The third kappa shape index (κ3) is 4.95. The molecule has 2 atom stereocenters. The normalized spacial score (nSPS) is 27.4. The van der Waals surface area contributed by atoms with Crippen LogP contribution in [0.2, 0.25) is 0 Å². The van der Waals surface area contributed by atoms with Crippen molar-refractivity contribution in [2.45, 2.75) is 64.0 Å². The first-order chi connectivity index (χ1) is 10.2. The number of piperidine rings is 1. The van der Waals surface area contributed by atoms with Crippen LogP contribution in [0.5, 0.6) is 0 Å². The van der Waals surface area contributed by atoms with Crippen LogP contribution in [0.1, 0.15) is 52.4 Å². The van der Waals surface area contributed by atoms with E-state index in [2.05, 4.69) is 28.1 Å². The van der Waals surface area contributed by atoms with Gasteiger partial charge in [0, 0.05) is 19.1 Å². The highest BCUT2D eigenvalue weighted by Crippen LogP contribution is 2.21. The molecule has 1 N–H and O–H groups in total. The number of nitriles is 1. The molecule has 0 saturated carbocycles. The zero-order valence-electron chi connectivity index (χ0n) is 13.9. The van der Waals surface area contributed by atoms with Gasteiger partial charge in [0.05, 0.1) is 6.07 Å². The largest absolute Gasteiger partial charge is 0.302 e. The molecular formula is C17H32N4. The van der Waals surface area contributed by atoms with Crippen molar-refractivity contribution in [2.24, 2.45) is 0 Å². The zero-order chi connectivity index (χ0) is 15.1. The molecule has 21 heavy (non-hydrogen) atoms. The number of nitrogens with one attached hydrogen (secondary N) is 1. The number of rotatable bonds is 7. The molecule has 0 radical (unpaired) electrons. The minimum Gasteiger partial charge on any atom is -0.302 e. The fourth-order valence-corrected chi connectivity index (χ4v) is 3.56. The molecule has 4 heteroatoms. The lowest BCUT2D eigenvalue weighted by Gasteiger charge is -2.32. The fraction of sp³-hybridized carbons (Fsp3) is 0.941. The molecular weight excluding hydrogens is 260 g/mol. The highest BCUT2D eigenvalue weighted by molar-refractivity contribution is 5.04. The van der Waals surface area contributed by atoms with E-state index in [1.54, 1.807) is 0 Å². The van der Waals surface area contributed by atoms with Crippen LogP contribution in [-0.4, -0.2) is 60.6 Å². The van der Waals surface area contributed by atoms with Gasteiger partial charge < -0.3 is 4.90 Å². The van der Waals surface area contributed by atoms with Crippen molar-refractivity contribution in [3.8, 4) is 6.07 Å². The number of nitrogens with zero attached hydrogens (tertiary/aromatic N) is 3. The van der Waals surface area contributed by atoms with Crippen molar-refractivity contribution in [1.82, 2.24) is 15.1 Å². The number of hydrogen-bond acceptors (Lipinski definition) is 4. The summed E-state index contributed by atoms with van der Waals surface area (Å²) in [6.07, 6.45) is 7.49. The molecule has 0 amide bonds. The van der Waals surface area contributed by atoms with E-state index in [1.807, 2.05) is 6.92 Å². The standard InChI is InChI=1S/C17H32N4/c1-3-9-19-17(2,15-18)8-13-20-12-7-16(14-20)21-10-5-4-6-11-21/h16,19H,3-14H2,1-2H3. The summed E-state index contributed by atoms with van der Waals surface area (Å²) >= 11 is 0. The van der Waals surface area contributed by atoms with E-state index in [9.17, 15) is 5.26 Å². The molecule has 4 nitrogen and oxygen atoms in total. The van der Waals surface area contributed by atoms with E-state index in [-0.39, 0.29) is 5.54 Å². The van der Waals surface area contributed by atoms with E-state index in [4.69, 9.17) is 0 Å². The van der Waals surface area contributed by atoms with Crippen molar-refractivity contribution in [3.63, 3.8) is 0 Å². The van der Waals surface area contributed by atoms with Gasteiger partial charge in [-0.25, -0.2) is 0 Å². The van der Waals surface area contributed by atoms with Gasteiger partial charge in [-0.05, 0) is 65.2 Å². The molecule has 0 spiro atoms. The molecule has 0 aromatic heterocycles. The van der Waals surface area contributed by atoms with Gasteiger partial charge in [0.25, 0.3) is 0 Å². The second-order valence-corrected chi connectivity index (χ2v) is 6.96. The van der Waals surface area contributed by atoms with E-state index in [0.717, 1.165) is 32.0 Å². The second kappa shape index (κ2) is 8.12. The fourth-order valence-electron chi connectivity index (χ4n) is 3.56. The Hall–Kier alpha value is -0.630. The van der Waals surface area contributed by atoms with Crippen LogP contribution in [0, 0.1) is 11.3 Å². The van der Waals surface area contributed by atoms with Crippen molar-refractivity contribution in [3.05, 3.63) is 0 Å². The van der Waals surface area contributed by atoms with Gasteiger partial charge in [0.15, 0.2) is 0 Å². The molecule has 0 bridgehead atoms. The summed E-state index contributed by atoms with van der Waals surface area (Å²) in [4.78, 5) is 5.25. The van der Waals surface area contributed by atoms with Crippen LogP contribution >= 0.6 is 0 Å². The van der Waals surface area contributed by atoms with E-state index >= 15 is 0 Å². The maximum absolute atomic E-state index is 9.40. The Kier molecular flexibility index (Phi) is 6.47. The van der Waals surface area contributed by atoms with Gasteiger partial charge in [0.1, 0.15) is 5.54 Å². The van der Waals surface area contributed by atoms with Gasteiger partial charge in [-0.1, -0.05) is 13.3 Å². The molecule has 2 aliphatic heterocycles. The second-order valence-electron chi connectivity index (χ2n) is 6.96. The topological polar surface area (TPSA) is 42.3 Å². The smallest absolute Gasteiger partial charge is 0.105 e. The Balaban J connectivity index is 1.73. The Labute approximate surface area is 130 Å². The van der Waals surface area contributed by atoms with Crippen molar-refractivity contribution < 1.29 is 0 Å². The first kappa shape index (κ1) is 16.7. The Morgan fingerprint density at radius 2 is 2.00 bits per heavy atom. The molecule has 2 saturated heterocycles. The minimum absolute atomic E-state index is 0.362. The highest BCUT2D eigenvalue weighted by Gasteiger charge is 2.30. The van der Waals surface area contributed by atoms with E-state index in [0.29, 0.717) is 0 Å². The van der Waals surface area contributed by atoms with Crippen molar-refractivity contribution >= 4 is 0 Å². The molecule has 2 fully saturated rings. The molecule has 2 aliphatic rings. The number of hydrogen-bond donors (Lipinski definition) is 1. The van der Waals surface area contributed by atoms with Crippen molar-refractivity contribution in [1.29, 1.82) is 5.26 Å². The minimum atomic E-state index is -0.362. The maximum atomic E-state index is 9.40. The lowest BCUT2D eigenvalue weighted by molar-refractivity contribution is 0.160. The quantitative estimate of drug-likeness (QED) is 0.781. The predicted molar refractivity (Wildman–Crippen MR) is 87.2 cm³/mol. The average Bonchev–Trinajstić information content (AvgIpc) is 3.01. The van der Waals surface area contributed by atoms with Gasteiger partial charge >= 0.3 is 0 Å².